The van der Waals surface area contributed by atoms with Crippen molar-refractivity contribution in [3.05, 3.63) is 46.8 Å². The number of nitrogens with zero attached hydrogens (tertiary/aromatic N) is 1. The lowest BCUT2D eigenvalue weighted by Gasteiger charge is -2.07. The van der Waals surface area contributed by atoms with Gasteiger partial charge in [0.05, 0.1) is 23.8 Å². The second-order valence-corrected chi connectivity index (χ2v) is 6.11. The highest BCUT2D eigenvalue weighted by Crippen LogP contribution is 2.22. The number of nitrogens with two attached hydrogens (primary N) is 1. The molecule has 0 bridgehead atoms. The van der Waals surface area contributed by atoms with Crippen LogP contribution in [-0.4, -0.2) is 20.1 Å². The Morgan fingerprint density at radius 1 is 1.38 bits per heavy atom. The summed E-state index contributed by atoms with van der Waals surface area (Å²) in [6, 6.07) is 6.01. The van der Waals surface area contributed by atoms with E-state index in [4.69, 9.17) is 17.3 Å². The van der Waals surface area contributed by atoms with Gasteiger partial charge in [0, 0.05) is 11.6 Å². The molecule has 2 rings (SSSR count). The first kappa shape index (κ1) is 15.5. The molecule has 21 heavy (non-hydrogen) atoms. The average molecular weight is 326 g/mol. The quantitative estimate of drug-likeness (QED) is 0.821. The third kappa shape index (κ3) is 4.06. The van der Waals surface area contributed by atoms with E-state index in [1.54, 1.807) is 12.1 Å². The van der Waals surface area contributed by atoms with E-state index in [1.807, 2.05) is 0 Å². The van der Waals surface area contributed by atoms with Gasteiger partial charge in [-0.05, 0) is 18.2 Å². The van der Waals surface area contributed by atoms with Crippen molar-refractivity contribution in [3.63, 3.8) is 0 Å². The summed E-state index contributed by atoms with van der Waals surface area (Å²) in [6.45, 7) is 0.237. The molecule has 6 nitrogen and oxygen atoms in total. The second kappa shape index (κ2) is 6.74. The number of aromatic nitrogens is 1. The Balaban J connectivity index is 2.19. The number of hydrogen-bond donors (Lipinski definition) is 2. The van der Waals surface area contributed by atoms with Gasteiger partial charge in [-0.3, -0.25) is 0 Å². The van der Waals surface area contributed by atoms with Crippen LogP contribution in [0.4, 0.5) is 0 Å². The first-order chi connectivity index (χ1) is 10.0. The van der Waals surface area contributed by atoms with Gasteiger partial charge in [-0.15, -0.1) is 0 Å². The normalized spacial score (nSPS) is 11.0. The van der Waals surface area contributed by atoms with Crippen molar-refractivity contribution in [1.29, 1.82) is 0 Å². The fraction of sp³-hybridized carbons (Fsp3) is 0.154. The standard InChI is InChI=1S/C13H12ClN3O3S/c14-12-8-10(2-1-6-15)3-4-13(12)21(18,19)16-9-11-5-7-20-17-11/h3-5,7-8,16H,6,9,15H2. The maximum Gasteiger partial charge on any atom is 0.242 e. The highest BCUT2D eigenvalue weighted by Gasteiger charge is 2.18. The van der Waals surface area contributed by atoms with E-state index in [1.165, 1.54) is 18.4 Å². The van der Waals surface area contributed by atoms with E-state index in [9.17, 15) is 8.42 Å². The summed E-state index contributed by atoms with van der Waals surface area (Å²) in [5.74, 6) is 5.45. The van der Waals surface area contributed by atoms with Crippen molar-refractivity contribution in [2.75, 3.05) is 6.54 Å². The van der Waals surface area contributed by atoms with E-state index < -0.39 is 10.0 Å². The third-order valence-corrected chi connectivity index (χ3v) is 4.37. The topological polar surface area (TPSA) is 98.2 Å². The maximum absolute atomic E-state index is 12.2. The molecule has 2 aromatic rings. The minimum atomic E-state index is -3.74. The van der Waals surface area contributed by atoms with Crippen molar-refractivity contribution < 1.29 is 12.9 Å². The molecule has 0 saturated heterocycles. The Morgan fingerprint density at radius 3 is 2.81 bits per heavy atom. The summed E-state index contributed by atoms with van der Waals surface area (Å²) in [6.07, 6.45) is 1.36. The van der Waals surface area contributed by atoms with Crippen molar-refractivity contribution in [1.82, 2.24) is 9.88 Å². The molecule has 1 heterocycles. The molecule has 3 N–H and O–H groups in total. The molecule has 0 aliphatic rings. The smallest absolute Gasteiger partial charge is 0.242 e. The molecule has 1 aromatic carbocycles. The van der Waals surface area contributed by atoms with Gasteiger partial charge in [-0.1, -0.05) is 28.6 Å². The van der Waals surface area contributed by atoms with Gasteiger partial charge in [0.15, 0.2) is 0 Å². The lowest BCUT2D eigenvalue weighted by Crippen LogP contribution is -2.23. The molecule has 110 valence electrons. The Bertz CT molecular complexity index is 777. The van der Waals surface area contributed by atoms with E-state index in [0.717, 1.165) is 0 Å². The molecule has 0 spiro atoms. The van der Waals surface area contributed by atoms with Crippen LogP contribution in [0.3, 0.4) is 0 Å². The number of rotatable bonds is 4. The van der Waals surface area contributed by atoms with E-state index in [2.05, 4.69) is 26.2 Å². The van der Waals surface area contributed by atoms with E-state index >= 15 is 0 Å². The van der Waals surface area contributed by atoms with E-state index in [-0.39, 0.29) is 23.0 Å². The first-order valence-corrected chi connectivity index (χ1v) is 7.76. The summed E-state index contributed by atoms with van der Waals surface area (Å²) < 4.78 is 31.3. The molecule has 0 radical (unpaired) electrons. The van der Waals surface area contributed by atoms with Crippen molar-refractivity contribution in [2.24, 2.45) is 5.73 Å². The van der Waals surface area contributed by atoms with Gasteiger partial charge in [0.1, 0.15) is 11.2 Å². The lowest BCUT2D eigenvalue weighted by molar-refractivity contribution is 0.411. The summed E-state index contributed by atoms with van der Waals surface area (Å²) in [7, 11) is -3.74. The van der Waals surface area contributed by atoms with Crippen LogP contribution < -0.4 is 10.5 Å². The minimum Gasteiger partial charge on any atom is -0.364 e. The van der Waals surface area contributed by atoms with Gasteiger partial charge in [-0.2, -0.15) is 0 Å². The number of hydrogen-bond acceptors (Lipinski definition) is 5. The summed E-state index contributed by atoms with van der Waals surface area (Å²) in [5, 5.41) is 3.71. The monoisotopic (exact) mass is 325 g/mol. The van der Waals surface area contributed by atoms with Crippen LogP contribution in [0.5, 0.6) is 0 Å². The highest BCUT2D eigenvalue weighted by atomic mass is 35.5. The van der Waals surface area contributed by atoms with Crippen molar-refractivity contribution >= 4 is 21.6 Å². The molecular formula is C13H12ClN3O3S. The predicted molar refractivity (Wildman–Crippen MR) is 77.9 cm³/mol. The summed E-state index contributed by atoms with van der Waals surface area (Å²) in [5.41, 5.74) is 6.34. The van der Waals surface area contributed by atoms with Crippen LogP contribution >= 0.6 is 11.6 Å². The van der Waals surface area contributed by atoms with Gasteiger partial charge < -0.3 is 10.3 Å². The highest BCUT2D eigenvalue weighted by molar-refractivity contribution is 7.89. The molecular weight excluding hydrogens is 314 g/mol. The molecule has 0 saturated carbocycles. The van der Waals surface area contributed by atoms with Gasteiger partial charge in [0.2, 0.25) is 10.0 Å². The van der Waals surface area contributed by atoms with Crippen LogP contribution in [0.1, 0.15) is 11.3 Å². The molecule has 0 aliphatic heterocycles. The Morgan fingerprint density at radius 2 is 2.19 bits per heavy atom. The molecule has 0 unspecified atom stereocenters. The molecule has 0 aliphatic carbocycles. The van der Waals surface area contributed by atoms with Gasteiger partial charge in [-0.25, -0.2) is 13.1 Å². The number of sulfonamides is 1. The van der Waals surface area contributed by atoms with Crippen LogP contribution in [0.15, 0.2) is 39.9 Å². The largest absolute Gasteiger partial charge is 0.364 e. The fourth-order valence-corrected chi connectivity index (χ4v) is 3.07. The van der Waals surface area contributed by atoms with Gasteiger partial charge >= 0.3 is 0 Å². The minimum absolute atomic E-state index is 0.0178. The second-order valence-electron chi connectivity index (χ2n) is 3.97. The van der Waals surface area contributed by atoms with Crippen LogP contribution in [0, 0.1) is 11.8 Å². The summed E-state index contributed by atoms with van der Waals surface area (Å²) >= 11 is 6.00. The lowest BCUT2D eigenvalue weighted by atomic mass is 10.2. The van der Waals surface area contributed by atoms with Crippen LogP contribution in [-0.2, 0) is 16.6 Å². The fourth-order valence-electron chi connectivity index (χ4n) is 1.53. The summed E-state index contributed by atoms with van der Waals surface area (Å²) in [4.78, 5) is -0.0223. The number of halogens is 1. The molecule has 0 fully saturated rings. The van der Waals surface area contributed by atoms with Crippen LogP contribution in [0.2, 0.25) is 5.02 Å². The number of nitrogens with one attached hydrogen (secondary N) is 1. The number of benzene rings is 1. The molecule has 0 amide bonds. The average Bonchev–Trinajstić information content (AvgIpc) is 2.96. The van der Waals surface area contributed by atoms with Crippen LogP contribution in [0.25, 0.3) is 0 Å². The zero-order chi connectivity index (χ0) is 15.3. The van der Waals surface area contributed by atoms with Gasteiger partial charge in [0.25, 0.3) is 0 Å². The molecule has 1 aromatic heterocycles. The first-order valence-electron chi connectivity index (χ1n) is 5.90. The SMILES string of the molecule is NCC#Cc1ccc(S(=O)(=O)NCc2ccon2)c(Cl)c1. The molecule has 0 atom stereocenters. The zero-order valence-corrected chi connectivity index (χ0v) is 12.4. The van der Waals surface area contributed by atoms with E-state index in [0.29, 0.717) is 11.3 Å². The van der Waals surface area contributed by atoms with Crippen molar-refractivity contribution in [2.45, 2.75) is 11.4 Å². The predicted octanol–water partition coefficient (Wildman–Crippen LogP) is 1.12. The maximum atomic E-state index is 12.2. The third-order valence-electron chi connectivity index (χ3n) is 2.49. The molecule has 8 heteroatoms. The Hall–Kier alpha value is -1.85. The zero-order valence-electron chi connectivity index (χ0n) is 10.8. The van der Waals surface area contributed by atoms with Crippen molar-refractivity contribution in [3.8, 4) is 11.8 Å². The Kier molecular flexibility index (Phi) is 4.98. The Labute approximate surface area is 127 Å².